The first-order valence-corrected chi connectivity index (χ1v) is 5.62. The monoisotopic (exact) mass is 203 g/mol. The fourth-order valence-electron chi connectivity index (χ4n) is 1.22. The Hall–Kier alpha value is -0.120. The van der Waals surface area contributed by atoms with Gasteiger partial charge in [-0.15, -0.1) is 0 Å². The second-order valence-electron chi connectivity index (χ2n) is 4.21. The molecule has 0 aromatic rings. The van der Waals surface area contributed by atoms with E-state index in [1.54, 1.807) is 0 Å². The molecule has 0 aromatic heterocycles. The van der Waals surface area contributed by atoms with Gasteiger partial charge in [0.15, 0.2) is 0 Å². The maximum atomic E-state index is 9.08. The van der Waals surface area contributed by atoms with Gasteiger partial charge in [0.05, 0.1) is 12.7 Å². The van der Waals surface area contributed by atoms with Crippen LogP contribution in [0.3, 0.4) is 0 Å². The van der Waals surface area contributed by atoms with E-state index in [-0.39, 0.29) is 6.54 Å². The summed E-state index contributed by atoms with van der Waals surface area (Å²) in [5.74, 6) is 0.801. The Bertz CT molecular complexity index is 118. The highest BCUT2D eigenvalue weighted by molar-refractivity contribution is 4.52. The smallest absolute Gasteiger partial charge is 0.0895 e. The molecule has 3 N–H and O–H groups in total. The Labute approximate surface area is 87.6 Å². The lowest BCUT2D eigenvalue weighted by Gasteiger charge is -2.08. The van der Waals surface area contributed by atoms with Crippen molar-refractivity contribution in [3.63, 3.8) is 0 Å². The highest BCUT2D eigenvalue weighted by Gasteiger charge is 2.00. The largest absolute Gasteiger partial charge is 0.389 e. The van der Waals surface area contributed by atoms with Gasteiger partial charge in [-0.25, -0.2) is 0 Å². The molecule has 3 heteroatoms. The van der Waals surface area contributed by atoms with Crippen LogP contribution < -0.4 is 5.73 Å². The Balaban J connectivity index is 2.99. The summed E-state index contributed by atoms with van der Waals surface area (Å²) in [6, 6.07) is 0. The minimum Gasteiger partial charge on any atom is -0.389 e. The maximum Gasteiger partial charge on any atom is 0.0895 e. The van der Waals surface area contributed by atoms with Crippen LogP contribution in [0.4, 0.5) is 0 Å². The van der Waals surface area contributed by atoms with E-state index in [9.17, 15) is 0 Å². The van der Waals surface area contributed by atoms with Crippen molar-refractivity contribution in [2.24, 2.45) is 11.7 Å². The van der Waals surface area contributed by atoms with Gasteiger partial charge in [0.1, 0.15) is 0 Å². The van der Waals surface area contributed by atoms with Crippen molar-refractivity contribution in [3.05, 3.63) is 0 Å². The quantitative estimate of drug-likeness (QED) is 0.559. The van der Waals surface area contributed by atoms with Crippen molar-refractivity contribution >= 4 is 0 Å². The predicted molar refractivity (Wildman–Crippen MR) is 59.2 cm³/mol. The van der Waals surface area contributed by atoms with Gasteiger partial charge < -0.3 is 15.6 Å². The summed E-state index contributed by atoms with van der Waals surface area (Å²) >= 11 is 0. The van der Waals surface area contributed by atoms with E-state index < -0.39 is 6.10 Å². The fourth-order valence-corrected chi connectivity index (χ4v) is 1.22. The number of aliphatic hydroxyl groups is 1. The third-order valence-corrected chi connectivity index (χ3v) is 2.15. The molecule has 0 saturated heterocycles. The van der Waals surface area contributed by atoms with Gasteiger partial charge in [-0.2, -0.15) is 0 Å². The third-order valence-electron chi connectivity index (χ3n) is 2.15. The first kappa shape index (κ1) is 13.9. The molecule has 86 valence electrons. The van der Waals surface area contributed by atoms with E-state index in [0.29, 0.717) is 6.61 Å². The Morgan fingerprint density at radius 2 is 1.93 bits per heavy atom. The van der Waals surface area contributed by atoms with Crippen molar-refractivity contribution < 1.29 is 9.84 Å². The molecule has 0 rings (SSSR count). The molecule has 1 unspecified atom stereocenters. The van der Waals surface area contributed by atoms with Gasteiger partial charge >= 0.3 is 0 Å². The van der Waals surface area contributed by atoms with Crippen molar-refractivity contribution in [2.45, 2.75) is 45.6 Å². The molecule has 0 fully saturated rings. The minimum absolute atomic E-state index is 0.285. The second kappa shape index (κ2) is 9.44. The van der Waals surface area contributed by atoms with Crippen molar-refractivity contribution in [2.75, 3.05) is 19.8 Å². The van der Waals surface area contributed by atoms with Crippen LogP contribution >= 0.6 is 0 Å². The molecule has 1 atom stereocenters. The molecule has 0 aliphatic heterocycles. The Morgan fingerprint density at radius 1 is 1.21 bits per heavy atom. The number of ether oxygens (including phenoxy) is 1. The Kier molecular flexibility index (Phi) is 9.35. The molecule has 0 amide bonds. The van der Waals surface area contributed by atoms with Gasteiger partial charge in [-0.05, 0) is 12.3 Å². The summed E-state index contributed by atoms with van der Waals surface area (Å²) in [4.78, 5) is 0. The molecule has 14 heavy (non-hydrogen) atoms. The van der Waals surface area contributed by atoms with Crippen LogP contribution in [-0.2, 0) is 4.74 Å². The van der Waals surface area contributed by atoms with Crippen molar-refractivity contribution in [1.82, 2.24) is 0 Å². The van der Waals surface area contributed by atoms with E-state index in [0.717, 1.165) is 18.9 Å². The Morgan fingerprint density at radius 3 is 2.50 bits per heavy atom. The van der Waals surface area contributed by atoms with E-state index in [4.69, 9.17) is 15.6 Å². The normalized spacial score (nSPS) is 13.5. The third kappa shape index (κ3) is 9.96. The molecule has 3 nitrogen and oxygen atoms in total. The SMILES string of the molecule is CC(C)CCCCCOCC(O)CN. The molecule has 0 heterocycles. The van der Waals surface area contributed by atoms with Crippen molar-refractivity contribution in [1.29, 1.82) is 0 Å². The summed E-state index contributed by atoms with van der Waals surface area (Å²) < 4.78 is 5.26. The first-order valence-electron chi connectivity index (χ1n) is 5.62. The fraction of sp³-hybridized carbons (Fsp3) is 1.00. The number of nitrogens with two attached hydrogens (primary N) is 1. The van der Waals surface area contributed by atoms with Crippen LogP contribution in [0, 0.1) is 5.92 Å². The molecule has 0 bridgehead atoms. The van der Waals surface area contributed by atoms with Crippen LogP contribution in [0.1, 0.15) is 39.5 Å². The summed E-state index contributed by atoms with van der Waals surface area (Å²) in [7, 11) is 0. The highest BCUT2D eigenvalue weighted by atomic mass is 16.5. The van der Waals surface area contributed by atoms with Gasteiger partial charge in [0, 0.05) is 13.2 Å². The van der Waals surface area contributed by atoms with E-state index in [1.807, 2.05) is 0 Å². The maximum absolute atomic E-state index is 9.08. The average Bonchev–Trinajstić information content (AvgIpc) is 2.15. The molecular weight excluding hydrogens is 178 g/mol. The molecule has 0 saturated carbocycles. The number of aliphatic hydroxyl groups excluding tert-OH is 1. The lowest BCUT2D eigenvalue weighted by Crippen LogP contribution is -2.25. The van der Waals surface area contributed by atoms with Crippen LogP contribution in [0.5, 0.6) is 0 Å². The molecule has 0 aliphatic carbocycles. The summed E-state index contributed by atoms with van der Waals surface area (Å²) in [6.07, 6.45) is 4.39. The highest BCUT2D eigenvalue weighted by Crippen LogP contribution is 2.07. The van der Waals surface area contributed by atoms with Crippen LogP contribution in [0.2, 0.25) is 0 Å². The van der Waals surface area contributed by atoms with E-state index in [1.165, 1.54) is 19.3 Å². The minimum atomic E-state index is -0.495. The number of hydrogen-bond acceptors (Lipinski definition) is 3. The van der Waals surface area contributed by atoms with Crippen LogP contribution in [0.25, 0.3) is 0 Å². The zero-order valence-electron chi connectivity index (χ0n) is 9.54. The second-order valence-corrected chi connectivity index (χ2v) is 4.21. The zero-order chi connectivity index (χ0) is 10.8. The van der Waals surface area contributed by atoms with Gasteiger partial charge in [-0.1, -0.05) is 33.1 Å². The van der Waals surface area contributed by atoms with E-state index in [2.05, 4.69) is 13.8 Å². The summed E-state index contributed by atoms with van der Waals surface area (Å²) in [5.41, 5.74) is 5.24. The first-order chi connectivity index (χ1) is 6.66. The van der Waals surface area contributed by atoms with Gasteiger partial charge in [0.25, 0.3) is 0 Å². The summed E-state index contributed by atoms with van der Waals surface area (Å²) in [6.45, 7) is 5.89. The average molecular weight is 203 g/mol. The molecule has 0 spiro atoms. The van der Waals surface area contributed by atoms with Gasteiger partial charge in [-0.3, -0.25) is 0 Å². The van der Waals surface area contributed by atoms with Crippen LogP contribution in [0.15, 0.2) is 0 Å². The van der Waals surface area contributed by atoms with Crippen LogP contribution in [-0.4, -0.2) is 31.0 Å². The van der Waals surface area contributed by atoms with Gasteiger partial charge in [0.2, 0.25) is 0 Å². The summed E-state index contributed by atoms with van der Waals surface area (Å²) in [5, 5.41) is 9.08. The lowest BCUT2D eigenvalue weighted by atomic mass is 10.1. The number of rotatable bonds is 9. The number of hydrogen-bond donors (Lipinski definition) is 2. The number of unbranched alkanes of at least 4 members (excludes halogenated alkanes) is 2. The predicted octanol–water partition coefficient (Wildman–Crippen LogP) is 1.54. The van der Waals surface area contributed by atoms with E-state index >= 15 is 0 Å². The topological polar surface area (TPSA) is 55.5 Å². The standard InChI is InChI=1S/C11H25NO2/c1-10(2)6-4-3-5-7-14-9-11(13)8-12/h10-11,13H,3-9,12H2,1-2H3. The van der Waals surface area contributed by atoms with Crippen molar-refractivity contribution in [3.8, 4) is 0 Å². The molecule has 0 aliphatic rings. The molecular formula is C11H25NO2. The zero-order valence-corrected chi connectivity index (χ0v) is 9.54. The molecule has 0 aromatic carbocycles. The lowest BCUT2D eigenvalue weighted by molar-refractivity contribution is 0.0396. The molecule has 0 radical (unpaired) electrons.